The molecule has 1 unspecified atom stereocenters. The van der Waals surface area contributed by atoms with Gasteiger partial charge in [0.25, 0.3) is 0 Å². The second-order valence-electron chi connectivity index (χ2n) is 7.80. The highest BCUT2D eigenvalue weighted by atomic mass is 35.5. The molecule has 2 aromatic heterocycles. The van der Waals surface area contributed by atoms with Crippen molar-refractivity contribution in [3.63, 3.8) is 0 Å². The Morgan fingerprint density at radius 1 is 1.19 bits per heavy atom. The van der Waals surface area contributed by atoms with E-state index in [1.54, 1.807) is 6.33 Å². The van der Waals surface area contributed by atoms with E-state index < -0.39 is 0 Å². The number of amides is 1. The van der Waals surface area contributed by atoms with Gasteiger partial charge in [-0.05, 0) is 54.6 Å². The molecule has 0 fully saturated rings. The number of nitrogens with zero attached hydrogens (tertiary/aromatic N) is 4. The molecule has 1 aliphatic rings. The van der Waals surface area contributed by atoms with Gasteiger partial charge in [0.05, 0.1) is 12.6 Å². The van der Waals surface area contributed by atoms with Gasteiger partial charge in [0, 0.05) is 40.1 Å². The van der Waals surface area contributed by atoms with Crippen LogP contribution in [-0.4, -0.2) is 43.1 Å². The van der Waals surface area contributed by atoms with Crippen LogP contribution >= 0.6 is 23.5 Å². The third-order valence-electron chi connectivity index (χ3n) is 5.77. The molecule has 164 valence electrons. The van der Waals surface area contributed by atoms with E-state index in [9.17, 15) is 4.79 Å². The number of benzene rings is 2. The first-order valence-electron chi connectivity index (χ1n) is 10.6. The van der Waals surface area contributed by atoms with E-state index in [4.69, 9.17) is 11.6 Å². The summed E-state index contributed by atoms with van der Waals surface area (Å²) >= 11 is 7.86. The maximum absolute atomic E-state index is 13.5. The third kappa shape index (κ3) is 4.39. The van der Waals surface area contributed by atoms with Crippen molar-refractivity contribution in [2.45, 2.75) is 36.9 Å². The summed E-state index contributed by atoms with van der Waals surface area (Å²) in [6, 6.07) is 15.6. The number of rotatable bonds is 7. The Kier molecular flexibility index (Phi) is 6.16. The zero-order chi connectivity index (χ0) is 21.9. The van der Waals surface area contributed by atoms with Crippen LogP contribution in [0, 0.1) is 0 Å². The molecule has 0 radical (unpaired) electrons. The van der Waals surface area contributed by atoms with Crippen molar-refractivity contribution < 1.29 is 4.79 Å². The predicted octanol–water partition coefficient (Wildman–Crippen LogP) is 4.05. The average Bonchev–Trinajstić information content (AvgIpc) is 3.49. The molecule has 0 spiro atoms. The molecule has 2 aromatic carbocycles. The number of carbonyl (C=O) groups is 1. The maximum atomic E-state index is 13.5. The van der Waals surface area contributed by atoms with E-state index in [1.165, 1.54) is 11.9 Å². The highest BCUT2D eigenvalue weighted by molar-refractivity contribution is 7.97. The number of hydrogen-bond donors (Lipinski definition) is 2. The van der Waals surface area contributed by atoms with E-state index in [1.807, 2.05) is 52.1 Å². The summed E-state index contributed by atoms with van der Waals surface area (Å²) in [6.07, 6.45) is 5.00. The molecule has 9 heteroatoms. The van der Waals surface area contributed by atoms with Crippen LogP contribution in [-0.2, 0) is 24.3 Å². The van der Waals surface area contributed by atoms with Crippen LogP contribution < -0.4 is 4.72 Å². The number of aromatic amines is 1. The predicted molar refractivity (Wildman–Crippen MR) is 126 cm³/mol. The first-order chi connectivity index (χ1) is 15.7. The van der Waals surface area contributed by atoms with E-state index in [0.717, 1.165) is 32.2 Å². The molecule has 0 aliphatic carbocycles. The molecule has 7 nitrogen and oxygen atoms in total. The average molecular weight is 467 g/mol. The summed E-state index contributed by atoms with van der Waals surface area (Å²) in [6.45, 7) is 1.83. The van der Waals surface area contributed by atoms with Gasteiger partial charge in [-0.3, -0.25) is 4.79 Å². The highest BCUT2D eigenvalue weighted by Gasteiger charge is 2.28. The number of H-pyrrole nitrogens is 1. The van der Waals surface area contributed by atoms with Crippen molar-refractivity contribution in [1.82, 2.24) is 29.4 Å². The quantitative estimate of drug-likeness (QED) is 0.402. The lowest BCUT2D eigenvalue weighted by molar-refractivity contribution is -0.134. The molecule has 3 heterocycles. The number of fused-ring (bicyclic) bond motifs is 2. The Labute approximate surface area is 195 Å². The molecule has 1 amide bonds. The van der Waals surface area contributed by atoms with Gasteiger partial charge in [-0.25, -0.2) is 4.72 Å². The standard InChI is InChI=1S/C23H23ClN6OS/c24-18-5-2-1-4-16(18)8-9-20(23(31)29-12-13-30-15-26-27-22(30)14-29)28-32-21-7-3-6-19-17(21)10-11-25-19/h1-7,10-11,15,20,25,28H,8-9,12-14H2. The van der Waals surface area contributed by atoms with Gasteiger partial charge < -0.3 is 14.5 Å². The maximum Gasteiger partial charge on any atom is 0.241 e. The van der Waals surface area contributed by atoms with Crippen LogP contribution in [0.2, 0.25) is 5.02 Å². The van der Waals surface area contributed by atoms with Crippen molar-refractivity contribution in [3.05, 3.63) is 77.5 Å². The number of carbonyl (C=O) groups excluding carboxylic acids is 1. The first-order valence-corrected chi connectivity index (χ1v) is 11.8. The lowest BCUT2D eigenvalue weighted by Gasteiger charge is -2.30. The summed E-state index contributed by atoms with van der Waals surface area (Å²) in [5.74, 6) is 0.888. The molecule has 0 saturated heterocycles. The fourth-order valence-electron chi connectivity index (χ4n) is 3.99. The first kappa shape index (κ1) is 21.1. The van der Waals surface area contributed by atoms with Crippen LogP contribution in [0.1, 0.15) is 17.8 Å². The van der Waals surface area contributed by atoms with Crippen LogP contribution in [0.3, 0.4) is 0 Å². The van der Waals surface area contributed by atoms with Crippen molar-refractivity contribution in [2.75, 3.05) is 6.54 Å². The summed E-state index contributed by atoms with van der Waals surface area (Å²) in [5, 5.41) is 9.98. The number of aryl methyl sites for hydroxylation is 1. The molecular weight excluding hydrogens is 444 g/mol. The smallest absolute Gasteiger partial charge is 0.241 e. The number of aromatic nitrogens is 4. The Morgan fingerprint density at radius 2 is 2.09 bits per heavy atom. The molecule has 0 bridgehead atoms. The van der Waals surface area contributed by atoms with Crippen molar-refractivity contribution in [2.24, 2.45) is 0 Å². The van der Waals surface area contributed by atoms with Gasteiger partial charge >= 0.3 is 0 Å². The van der Waals surface area contributed by atoms with Gasteiger partial charge in [0.15, 0.2) is 5.82 Å². The number of halogens is 1. The van der Waals surface area contributed by atoms with Gasteiger partial charge in [-0.1, -0.05) is 35.9 Å². The lowest BCUT2D eigenvalue weighted by atomic mass is 10.0. The minimum Gasteiger partial charge on any atom is -0.361 e. The molecule has 1 aliphatic heterocycles. The third-order valence-corrected chi connectivity index (χ3v) is 7.12. The zero-order valence-electron chi connectivity index (χ0n) is 17.4. The summed E-state index contributed by atoms with van der Waals surface area (Å²) in [4.78, 5) is 19.7. The van der Waals surface area contributed by atoms with Crippen molar-refractivity contribution in [3.8, 4) is 0 Å². The zero-order valence-corrected chi connectivity index (χ0v) is 18.9. The van der Waals surface area contributed by atoms with E-state index >= 15 is 0 Å². The Bertz CT molecular complexity index is 1240. The Balaban J connectivity index is 1.33. The summed E-state index contributed by atoms with van der Waals surface area (Å²) < 4.78 is 5.45. The van der Waals surface area contributed by atoms with Crippen molar-refractivity contribution in [1.29, 1.82) is 0 Å². The van der Waals surface area contributed by atoms with Crippen LogP contribution in [0.4, 0.5) is 0 Å². The molecule has 32 heavy (non-hydrogen) atoms. The normalized spacial score (nSPS) is 14.5. The van der Waals surface area contributed by atoms with E-state index in [2.05, 4.69) is 32.0 Å². The molecule has 5 rings (SSSR count). The fraction of sp³-hybridized carbons (Fsp3) is 0.261. The monoisotopic (exact) mass is 466 g/mol. The van der Waals surface area contributed by atoms with E-state index in [0.29, 0.717) is 32.5 Å². The van der Waals surface area contributed by atoms with Crippen LogP contribution in [0.25, 0.3) is 10.9 Å². The van der Waals surface area contributed by atoms with Crippen LogP contribution in [0.5, 0.6) is 0 Å². The minimum absolute atomic E-state index is 0.0695. The van der Waals surface area contributed by atoms with Gasteiger partial charge in [-0.2, -0.15) is 0 Å². The molecule has 1 atom stereocenters. The Hall–Kier alpha value is -2.81. The van der Waals surface area contributed by atoms with E-state index in [-0.39, 0.29) is 11.9 Å². The summed E-state index contributed by atoms with van der Waals surface area (Å²) in [5.41, 5.74) is 2.12. The van der Waals surface area contributed by atoms with Gasteiger partial charge in [0.2, 0.25) is 5.91 Å². The second kappa shape index (κ2) is 9.36. The molecule has 4 aromatic rings. The number of hydrogen-bond acceptors (Lipinski definition) is 5. The molecular formula is C23H23ClN6OS. The SMILES string of the molecule is O=C(C(CCc1ccccc1Cl)NSc1cccc2[nH]ccc12)N1CCn2cnnc2C1. The minimum atomic E-state index is -0.361. The highest BCUT2D eigenvalue weighted by Crippen LogP contribution is 2.27. The van der Waals surface area contributed by atoms with Gasteiger partial charge in [-0.15, -0.1) is 10.2 Å². The molecule has 0 saturated carbocycles. The van der Waals surface area contributed by atoms with Crippen molar-refractivity contribution >= 4 is 40.4 Å². The Morgan fingerprint density at radius 3 is 3.00 bits per heavy atom. The largest absolute Gasteiger partial charge is 0.361 e. The fourth-order valence-corrected chi connectivity index (χ4v) is 5.14. The summed E-state index contributed by atoms with van der Waals surface area (Å²) in [7, 11) is 0. The lowest BCUT2D eigenvalue weighted by Crippen LogP contribution is -2.47. The molecule has 2 N–H and O–H groups in total. The number of nitrogens with one attached hydrogen (secondary N) is 2. The second-order valence-corrected chi connectivity index (χ2v) is 9.08. The van der Waals surface area contributed by atoms with Crippen LogP contribution in [0.15, 0.2) is 66.0 Å². The van der Waals surface area contributed by atoms with Gasteiger partial charge in [0.1, 0.15) is 6.33 Å². The topological polar surface area (TPSA) is 78.8 Å².